The minimum absolute atomic E-state index is 0.0781. The van der Waals surface area contributed by atoms with Crippen molar-refractivity contribution in [3.63, 3.8) is 0 Å². The lowest BCUT2D eigenvalue weighted by Crippen LogP contribution is -2.46. The van der Waals surface area contributed by atoms with E-state index < -0.39 is 18.2 Å². The molecule has 0 rings (SSSR count). The molecule has 0 aliphatic rings. The Kier molecular flexibility index (Phi) is 56.9. The molecule has 414 valence electrons. The summed E-state index contributed by atoms with van der Waals surface area (Å²) in [6.07, 6.45) is 69.6. The van der Waals surface area contributed by atoms with E-state index >= 15 is 0 Å². The quantitative estimate of drug-likeness (QED) is 0.0321. The van der Waals surface area contributed by atoms with E-state index in [0.29, 0.717) is 19.3 Å². The number of hydrogen-bond donors (Lipinski definition) is 3. The van der Waals surface area contributed by atoms with E-state index in [1.807, 2.05) is 0 Å². The molecule has 0 heterocycles. The maximum absolute atomic E-state index is 13.3. The molecule has 0 aromatic rings. The first-order chi connectivity index (χ1) is 34.5. The zero-order chi connectivity index (χ0) is 50.9. The Morgan fingerprint density at radius 3 is 1.01 bits per heavy atom. The van der Waals surface area contributed by atoms with Crippen LogP contribution in [-0.2, 0) is 14.3 Å². The Morgan fingerprint density at radius 1 is 0.400 bits per heavy atom. The van der Waals surface area contributed by atoms with E-state index in [1.54, 1.807) is 0 Å². The fraction of sp³-hybridized carbons (Fsp3) is 0.906. The number of hydrogen-bond acceptors (Lipinski definition) is 5. The maximum atomic E-state index is 13.3. The molecule has 0 aliphatic carbocycles. The summed E-state index contributed by atoms with van der Waals surface area (Å²) in [6.45, 7) is 6.53. The SMILES string of the molecule is CCCCCCCC/C=C/CCCCCCCCCC(=O)OC(CCCCCCCCC/C=C/CCCCCCCC)CC(=O)NC(CO)C(O)CCCCCCCCCCCCCCCCCCC. The van der Waals surface area contributed by atoms with Gasteiger partial charge in [0, 0.05) is 6.42 Å². The molecular formula is C64H123NO5. The summed E-state index contributed by atoms with van der Waals surface area (Å²) in [5.74, 6) is -0.461. The van der Waals surface area contributed by atoms with E-state index in [4.69, 9.17) is 4.74 Å². The lowest BCUT2D eigenvalue weighted by atomic mass is 10.0. The van der Waals surface area contributed by atoms with Crippen LogP contribution in [0, 0.1) is 0 Å². The van der Waals surface area contributed by atoms with Crippen LogP contribution in [0.3, 0.4) is 0 Å². The zero-order valence-corrected chi connectivity index (χ0v) is 47.4. The van der Waals surface area contributed by atoms with Gasteiger partial charge in [0.1, 0.15) is 6.10 Å². The first-order valence-corrected chi connectivity index (χ1v) is 31.6. The highest BCUT2D eigenvalue weighted by Gasteiger charge is 2.24. The number of carbonyl (C=O) groups excluding carboxylic acids is 2. The van der Waals surface area contributed by atoms with Gasteiger partial charge in [-0.3, -0.25) is 9.59 Å². The number of amides is 1. The first-order valence-electron chi connectivity index (χ1n) is 31.6. The number of unbranched alkanes of at least 4 members (excludes halogenated alkanes) is 42. The molecule has 0 aromatic heterocycles. The van der Waals surface area contributed by atoms with E-state index in [9.17, 15) is 19.8 Å². The van der Waals surface area contributed by atoms with Gasteiger partial charge in [-0.25, -0.2) is 0 Å². The number of aliphatic hydroxyl groups excluding tert-OH is 2. The van der Waals surface area contributed by atoms with Crippen LogP contribution >= 0.6 is 0 Å². The van der Waals surface area contributed by atoms with Gasteiger partial charge in [0.25, 0.3) is 0 Å². The summed E-state index contributed by atoms with van der Waals surface area (Å²) in [4.78, 5) is 26.4. The molecule has 6 heteroatoms. The second-order valence-corrected chi connectivity index (χ2v) is 21.8. The monoisotopic (exact) mass is 986 g/mol. The van der Waals surface area contributed by atoms with Crippen molar-refractivity contribution in [3.05, 3.63) is 24.3 Å². The number of allylic oxidation sites excluding steroid dienone is 4. The van der Waals surface area contributed by atoms with E-state index in [2.05, 4.69) is 50.4 Å². The van der Waals surface area contributed by atoms with Gasteiger partial charge in [0.15, 0.2) is 0 Å². The molecule has 1 amide bonds. The molecule has 0 aliphatic heterocycles. The summed E-state index contributed by atoms with van der Waals surface area (Å²) in [7, 11) is 0. The molecule has 0 aromatic carbocycles. The van der Waals surface area contributed by atoms with E-state index in [0.717, 1.165) is 51.4 Å². The third-order valence-corrected chi connectivity index (χ3v) is 14.8. The summed E-state index contributed by atoms with van der Waals surface area (Å²) >= 11 is 0. The van der Waals surface area contributed by atoms with Gasteiger partial charge in [-0.2, -0.15) is 0 Å². The Labute approximate surface area is 437 Å². The van der Waals surface area contributed by atoms with Gasteiger partial charge < -0.3 is 20.3 Å². The predicted octanol–water partition coefficient (Wildman–Crippen LogP) is 19.8. The van der Waals surface area contributed by atoms with Crippen LogP contribution in [0.1, 0.15) is 348 Å². The van der Waals surface area contributed by atoms with Gasteiger partial charge >= 0.3 is 5.97 Å². The fourth-order valence-corrected chi connectivity index (χ4v) is 9.95. The van der Waals surface area contributed by atoms with Crippen molar-refractivity contribution >= 4 is 11.9 Å². The second kappa shape index (κ2) is 58.2. The third-order valence-electron chi connectivity index (χ3n) is 14.8. The highest BCUT2D eigenvalue weighted by molar-refractivity contribution is 5.77. The smallest absolute Gasteiger partial charge is 0.306 e. The molecule has 0 saturated carbocycles. The number of nitrogens with one attached hydrogen (secondary N) is 1. The molecule has 0 bridgehead atoms. The summed E-state index contributed by atoms with van der Waals surface area (Å²) in [6, 6.07) is -0.702. The minimum atomic E-state index is -0.788. The van der Waals surface area contributed by atoms with Crippen LogP contribution in [0.5, 0.6) is 0 Å². The first kappa shape index (κ1) is 68.3. The van der Waals surface area contributed by atoms with Gasteiger partial charge in [-0.15, -0.1) is 0 Å². The number of aliphatic hydroxyl groups is 2. The predicted molar refractivity (Wildman–Crippen MR) is 306 cm³/mol. The van der Waals surface area contributed by atoms with Crippen molar-refractivity contribution in [3.8, 4) is 0 Å². The lowest BCUT2D eigenvalue weighted by molar-refractivity contribution is -0.151. The van der Waals surface area contributed by atoms with Crippen LogP contribution in [0.25, 0.3) is 0 Å². The number of ether oxygens (including phenoxy) is 1. The summed E-state index contributed by atoms with van der Waals surface area (Å²) in [5.41, 5.74) is 0. The average molecular weight is 987 g/mol. The average Bonchev–Trinajstić information content (AvgIpc) is 3.35. The van der Waals surface area contributed by atoms with Crippen molar-refractivity contribution < 1.29 is 24.5 Å². The Bertz CT molecular complexity index is 1110. The highest BCUT2D eigenvalue weighted by Crippen LogP contribution is 2.19. The highest BCUT2D eigenvalue weighted by atomic mass is 16.5. The molecule has 3 atom stereocenters. The lowest BCUT2D eigenvalue weighted by Gasteiger charge is -2.24. The van der Waals surface area contributed by atoms with E-state index in [1.165, 1.54) is 250 Å². The van der Waals surface area contributed by atoms with Crippen molar-refractivity contribution in [1.82, 2.24) is 5.32 Å². The molecule has 0 radical (unpaired) electrons. The number of carbonyl (C=O) groups is 2. The molecule has 0 fully saturated rings. The molecule has 0 saturated heterocycles. The Hall–Kier alpha value is -1.66. The fourth-order valence-electron chi connectivity index (χ4n) is 9.95. The largest absolute Gasteiger partial charge is 0.462 e. The van der Waals surface area contributed by atoms with Gasteiger partial charge in [-0.1, -0.05) is 283 Å². The van der Waals surface area contributed by atoms with E-state index in [-0.39, 0.29) is 24.9 Å². The third kappa shape index (κ3) is 52.7. The van der Waals surface area contributed by atoms with Crippen molar-refractivity contribution in [2.45, 2.75) is 366 Å². The van der Waals surface area contributed by atoms with Gasteiger partial charge in [0.05, 0.1) is 25.2 Å². The number of esters is 1. The standard InChI is InChI=1S/C64H123NO5/c1-4-7-10-13-16-19-22-25-28-31-34-37-40-43-46-49-52-55-60(70-64(69)57-54-51-48-45-42-39-36-33-30-27-24-21-18-15-12-9-6-3)58-63(68)65-61(59-66)62(67)56-53-50-47-44-41-38-35-32-29-26-23-20-17-14-11-8-5-2/h25,27-28,30,60-62,66-67H,4-24,26,29,31-59H2,1-3H3,(H,65,68)/b28-25+,30-27+. The molecule has 70 heavy (non-hydrogen) atoms. The molecule has 6 nitrogen and oxygen atoms in total. The number of rotatable bonds is 58. The summed E-state index contributed by atoms with van der Waals surface area (Å²) in [5, 5.41) is 24.0. The molecule has 3 unspecified atom stereocenters. The summed E-state index contributed by atoms with van der Waals surface area (Å²) < 4.78 is 5.98. The maximum Gasteiger partial charge on any atom is 0.306 e. The van der Waals surface area contributed by atoms with Crippen molar-refractivity contribution in [1.29, 1.82) is 0 Å². The second-order valence-electron chi connectivity index (χ2n) is 21.8. The minimum Gasteiger partial charge on any atom is -0.462 e. The van der Waals surface area contributed by atoms with Gasteiger partial charge in [-0.05, 0) is 77.0 Å². The Balaban J connectivity index is 4.51. The molecule has 3 N–H and O–H groups in total. The molecular weight excluding hydrogens is 863 g/mol. The van der Waals surface area contributed by atoms with Gasteiger partial charge in [0.2, 0.25) is 5.91 Å². The van der Waals surface area contributed by atoms with Crippen LogP contribution < -0.4 is 5.32 Å². The normalized spacial score (nSPS) is 13.2. The van der Waals surface area contributed by atoms with Crippen LogP contribution in [-0.4, -0.2) is 46.9 Å². The zero-order valence-electron chi connectivity index (χ0n) is 47.4. The van der Waals surface area contributed by atoms with Crippen molar-refractivity contribution in [2.24, 2.45) is 0 Å². The van der Waals surface area contributed by atoms with Crippen LogP contribution in [0.2, 0.25) is 0 Å². The Morgan fingerprint density at radius 2 is 0.686 bits per heavy atom. The topological polar surface area (TPSA) is 95.9 Å². The van der Waals surface area contributed by atoms with Crippen molar-refractivity contribution in [2.75, 3.05) is 6.61 Å². The molecule has 0 spiro atoms. The van der Waals surface area contributed by atoms with Crippen LogP contribution in [0.4, 0.5) is 0 Å². The van der Waals surface area contributed by atoms with Crippen LogP contribution in [0.15, 0.2) is 24.3 Å².